The van der Waals surface area contributed by atoms with Gasteiger partial charge >= 0.3 is 0 Å². The summed E-state index contributed by atoms with van der Waals surface area (Å²) in [6.07, 6.45) is 2.44. The average molecular weight is 262 g/mol. The Labute approximate surface area is 110 Å². The molecule has 0 aliphatic heterocycles. The topological polar surface area (TPSA) is 38.9 Å². The lowest BCUT2D eigenvalue weighted by Gasteiger charge is -1.99. The first kappa shape index (κ1) is 11.8. The van der Waals surface area contributed by atoms with Gasteiger partial charge in [-0.3, -0.25) is 0 Å². The molecule has 1 aromatic heterocycles. The summed E-state index contributed by atoms with van der Waals surface area (Å²) in [7, 11) is 0. The van der Waals surface area contributed by atoms with Gasteiger partial charge in [0.25, 0.3) is 0 Å². The molecule has 2 nitrogen and oxygen atoms in total. The van der Waals surface area contributed by atoms with E-state index in [0.717, 1.165) is 10.6 Å². The highest BCUT2D eigenvalue weighted by molar-refractivity contribution is 7.15. The fourth-order valence-corrected chi connectivity index (χ4v) is 3.11. The normalized spacial score (nSPS) is 15.1. The van der Waals surface area contributed by atoms with Crippen LogP contribution < -0.4 is 5.73 Å². The number of aryl methyl sites for hydroxylation is 1. The van der Waals surface area contributed by atoms with Crippen LogP contribution in [0, 0.1) is 12.7 Å². The lowest BCUT2D eigenvalue weighted by molar-refractivity contribution is 0.619. The molecule has 0 unspecified atom stereocenters. The number of halogens is 1. The van der Waals surface area contributed by atoms with Crippen LogP contribution in [-0.2, 0) is 6.54 Å². The van der Waals surface area contributed by atoms with E-state index in [9.17, 15) is 4.39 Å². The van der Waals surface area contributed by atoms with Crippen molar-refractivity contribution in [3.8, 4) is 10.6 Å². The zero-order valence-electron chi connectivity index (χ0n) is 10.2. The van der Waals surface area contributed by atoms with Crippen LogP contribution >= 0.6 is 11.3 Å². The second-order valence-corrected chi connectivity index (χ2v) is 5.85. The smallest absolute Gasteiger partial charge is 0.126 e. The van der Waals surface area contributed by atoms with E-state index in [0.29, 0.717) is 18.0 Å². The summed E-state index contributed by atoms with van der Waals surface area (Å²) in [4.78, 5) is 5.88. The predicted octanol–water partition coefficient (Wildman–Crippen LogP) is 3.59. The van der Waals surface area contributed by atoms with E-state index in [2.05, 4.69) is 0 Å². The first-order chi connectivity index (χ1) is 8.69. The standard InChI is InChI=1S/C14H15FN2S/c1-8-6-10(4-5-11(8)15)14-17-13(9-2-3-9)12(7-16)18-14/h4-6,9H,2-3,7,16H2,1H3. The molecule has 1 heterocycles. The van der Waals surface area contributed by atoms with Crippen molar-refractivity contribution in [2.45, 2.75) is 32.2 Å². The Morgan fingerprint density at radius 3 is 2.83 bits per heavy atom. The molecule has 4 heteroatoms. The molecule has 0 bridgehead atoms. The fraction of sp³-hybridized carbons (Fsp3) is 0.357. The van der Waals surface area contributed by atoms with Crippen molar-refractivity contribution in [3.05, 3.63) is 40.2 Å². The maximum Gasteiger partial charge on any atom is 0.126 e. The van der Waals surface area contributed by atoms with E-state index in [1.807, 2.05) is 6.07 Å². The third-order valence-electron chi connectivity index (χ3n) is 3.28. The van der Waals surface area contributed by atoms with Crippen LogP contribution in [0.3, 0.4) is 0 Å². The molecule has 1 fully saturated rings. The van der Waals surface area contributed by atoms with E-state index >= 15 is 0 Å². The van der Waals surface area contributed by atoms with Gasteiger partial charge in [0.2, 0.25) is 0 Å². The van der Waals surface area contributed by atoms with Crippen molar-refractivity contribution >= 4 is 11.3 Å². The molecule has 1 saturated carbocycles. The molecule has 1 aromatic carbocycles. The molecule has 0 saturated heterocycles. The summed E-state index contributed by atoms with van der Waals surface area (Å²) in [5.41, 5.74) is 8.58. The highest BCUT2D eigenvalue weighted by Gasteiger charge is 2.29. The van der Waals surface area contributed by atoms with E-state index in [-0.39, 0.29) is 5.82 Å². The number of aromatic nitrogens is 1. The number of hydrogen-bond donors (Lipinski definition) is 1. The number of nitrogens with zero attached hydrogens (tertiary/aromatic N) is 1. The SMILES string of the molecule is Cc1cc(-c2nc(C3CC3)c(CN)s2)ccc1F. The van der Waals surface area contributed by atoms with E-state index < -0.39 is 0 Å². The molecular formula is C14H15FN2S. The Kier molecular flexibility index (Phi) is 2.92. The molecule has 0 spiro atoms. The molecular weight excluding hydrogens is 247 g/mol. The molecule has 0 atom stereocenters. The van der Waals surface area contributed by atoms with Gasteiger partial charge < -0.3 is 5.73 Å². The third kappa shape index (κ3) is 2.06. The Morgan fingerprint density at radius 1 is 1.44 bits per heavy atom. The summed E-state index contributed by atoms with van der Waals surface area (Å²) in [5, 5.41) is 0.959. The molecule has 0 amide bonds. The molecule has 1 aliphatic carbocycles. The molecule has 2 aromatic rings. The summed E-state index contributed by atoms with van der Waals surface area (Å²) >= 11 is 1.64. The van der Waals surface area contributed by atoms with E-state index in [1.54, 1.807) is 24.3 Å². The second-order valence-electron chi connectivity index (χ2n) is 4.77. The summed E-state index contributed by atoms with van der Waals surface area (Å²) in [5.74, 6) is 0.437. The highest BCUT2D eigenvalue weighted by Crippen LogP contribution is 2.44. The number of hydrogen-bond acceptors (Lipinski definition) is 3. The Balaban J connectivity index is 2.02. The molecule has 3 rings (SSSR count). The number of benzene rings is 1. The van der Waals surface area contributed by atoms with Crippen molar-refractivity contribution in [1.29, 1.82) is 0 Å². The van der Waals surface area contributed by atoms with Crippen LogP contribution in [0.2, 0.25) is 0 Å². The molecule has 0 radical (unpaired) electrons. The van der Waals surface area contributed by atoms with Gasteiger partial charge in [-0.05, 0) is 43.5 Å². The van der Waals surface area contributed by atoms with Gasteiger partial charge in [0.15, 0.2) is 0 Å². The minimum absolute atomic E-state index is 0.170. The highest BCUT2D eigenvalue weighted by atomic mass is 32.1. The van der Waals surface area contributed by atoms with Crippen LogP contribution in [-0.4, -0.2) is 4.98 Å². The zero-order valence-corrected chi connectivity index (χ0v) is 11.1. The van der Waals surface area contributed by atoms with Gasteiger partial charge in [0.1, 0.15) is 10.8 Å². The number of rotatable bonds is 3. The summed E-state index contributed by atoms with van der Waals surface area (Å²) in [6, 6.07) is 5.15. The molecule has 18 heavy (non-hydrogen) atoms. The van der Waals surface area contributed by atoms with E-state index in [1.165, 1.54) is 29.5 Å². The van der Waals surface area contributed by atoms with Crippen molar-refractivity contribution in [3.63, 3.8) is 0 Å². The van der Waals surface area contributed by atoms with Gasteiger partial charge in [-0.1, -0.05) is 0 Å². The van der Waals surface area contributed by atoms with Crippen molar-refractivity contribution in [2.75, 3.05) is 0 Å². The monoisotopic (exact) mass is 262 g/mol. The van der Waals surface area contributed by atoms with Crippen LogP contribution in [0.4, 0.5) is 4.39 Å². The Morgan fingerprint density at radius 2 is 2.22 bits per heavy atom. The average Bonchev–Trinajstić information content (AvgIpc) is 3.12. The lowest BCUT2D eigenvalue weighted by atomic mass is 10.1. The predicted molar refractivity (Wildman–Crippen MR) is 72.1 cm³/mol. The second kappa shape index (κ2) is 4.44. The minimum Gasteiger partial charge on any atom is -0.326 e. The van der Waals surface area contributed by atoms with Crippen LogP contribution in [0.15, 0.2) is 18.2 Å². The number of thiazole rings is 1. The van der Waals surface area contributed by atoms with Gasteiger partial charge in [0, 0.05) is 22.9 Å². The lowest BCUT2D eigenvalue weighted by Crippen LogP contribution is -1.96. The zero-order chi connectivity index (χ0) is 12.7. The van der Waals surface area contributed by atoms with Gasteiger partial charge in [0.05, 0.1) is 5.69 Å². The van der Waals surface area contributed by atoms with Crippen LogP contribution in [0.25, 0.3) is 10.6 Å². The summed E-state index contributed by atoms with van der Waals surface area (Å²) in [6.45, 7) is 2.32. The summed E-state index contributed by atoms with van der Waals surface area (Å²) < 4.78 is 13.3. The van der Waals surface area contributed by atoms with E-state index in [4.69, 9.17) is 10.7 Å². The van der Waals surface area contributed by atoms with Crippen molar-refractivity contribution in [1.82, 2.24) is 4.98 Å². The minimum atomic E-state index is -0.170. The Bertz CT molecular complexity index is 587. The maximum atomic E-state index is 13.3. The first-order valence-corrected chi connectivity index (χ1v) is 6.97. The van der Waals surface area contributed by atoms with Gasteiger partial charge in [-0.15, -0.1) is 11.3 Å². The molecule has 94 valence electrons. The van der Waals surface area contributed by atoms with Gasteiger partial charge in [-0.25, -0.2) is 9.37 Å². The van der Waals surface area contributed by atoms with Crippen LogP contribution in [0.1, 0.15) is 34.9 Å². The van der Waals surface area contributed by atoms with Crippen LogP contribution in [0.5, 0.6) is 0 Å². The number of nitrogens with two attached hydrogens (primary N) is 1. The van der Waals surface area contributed by atoms with Crippen molar-refractivity contribution in [2.24, 2.45) is 5.73 Å². The molecule has 2 N–H and O–H groups in total. The third-order valence-corrected chi connectivity index (χ3v) is 4.42. The van der Waals surface area contributed by atoms with Crippen molar-refractivity contribution < 1.29 is 4.39 Å². The quantitative estimate of drug-likeness (QED) is 0.918. The van der Waals surface area contributed by atoms with Gasteiger partial charge in [-0.2, -0.15) is 0 Å². The molecule has 1 aliphatic rings. The fourth-order valence-electron chi connectivity index (χ4n) is 2.09. The maximum absolute atomic E-state index is 13.3. The Hall–Kier alpha value is -1.26. The largest absolute Gasteiger partial charge is 0.326 e. The first-order valence-electron chi connectivity index (χ1n) is 6.15.